The van der Waals surface area contributed by atoms with E-state index in [1.54, 1.807) is 11.8 Å². The lowest BCUT2D eigenvalue weighted by Crippen LogP contribution is -2.32. The molecule has 0 saturated heterocycles. The molecular weight excluding hydrogens is 831 g/mol. The molecule has 0 bridgehead atoms. The molecule has 0 fully saturated rings. The lowest BCUT2D eigenvalue weighted by molar-refractivity contribution is 0.630. The van der Waals surface area contributed by atoms with Crippen molar-refractivity contribution >= 4 is 85.8 Å². The van der Waals surface area contributed by atoms with E-state index in [0.717, 1.165) is 62.1 Å². The van der Waals surface area contributed by atoms with Crippen LogP contribution in [0.15, 0.2) is 241 Å². The van der Waals surface area contributed by atoms with E-state index in [4.69, 9.17) is 0 Å². The van der Waals surface area contributed by atoms with E-state index in [0.29, 0.717) is 0 Å². The number of rotatable bonds is 6. The summed E-state index contributed by atoms with van der Waals surface area (Å²) in [5.41, 5.74) is 19.8. The topological polar surface area (TPSA) is 9.72 Å². The molecule has 0 unspecified atom stereocenters. The van der Waals surface area contributed by atoms with Gasteiger partial charge in [-0.1, -0.05) is 196 Å². The minimum atomic E-state index is -0.109. The molecule has 4 heteroatoms. The van der Waals surface area contributed by atoms with Crippen molar-refractivity contribution in [2.45, 2.75) is 24.2 Å². The van der Waals surface area contributed by atoms with Crippen molar-refractivity contribution in [2.75, 3.05) is 14.7 Å². The first kappa shape index (κ1) is 40.5. The maximum atomic E-state index is 4.52. The Morgan fingerprint density at radius 2 is 0.955 bits per heavy atom. The molecule has 67 heavy (non-hydrogen) atoms. The summed E-state index contributed by atoms with van der Waals surface area (Å²) in [6.45, 7) is 9.17. The maximum Gasteiger partial charge on any atom is 0.0703 e. The highest BCUT2D eigenvalue weighted by atomic mass is 32.2. The monoisotopic (exact) mass is 877 g/mol. The van der Waals surface area contributed by atoms with Gasteiger partial charge in [0, 0.05) is 21.4 Å². The van der Waals surface area contributed by atoms with Crippen LogP contribution in [0.5, 0.6) is 0 Å². The summed E-state index contributed by atoms with van der Waals surface area (Å²) in [6.07, 6.45) is 8.80. The maximum absolute atomic E-state index is 4.52. The highest BCUT2D eigenvalue weighted by Gasteiger charge is 2.37. The summed E-state index contributed by atoms with van der Waals surface area (Å²) in [6, 6.07) is 74.8. The van der Waals surface area contributed by atoms with Crippen LogP contribution in [-0.4, -0.2) is 0 Å². The Hall–Kier alpha value is -8.05. The zero-order valence-electron chi connectivity index (χ0n) is 37.5. The molecule has 0 atom stereocenters. The first-order chi connectivity index (χ1) is 32.9. The number of para-hydroxylation sites is 7. The van der Waals surface area contributed by atoms with Gasteiger partial charge in [-0.3, -0.25) is 0 Å². The van der Waals surface area contributed by atoms with Crippen LogP contribution in [0.2, 0.25) is 0 Å². The van der Waals surface area contributed by atoms with Crippen molar-refractivity contribution in [3.05, 3.63) is 264 Å². The zero-order chi connectivity index (χ0) is 45.1. The summed E-state index contributed by atoms with van der Waals surface area (Å²) in [4.78, 5) is 8.40. The van der Waals surface area contributed by atoms with Crippen LogP contribution >= 0.6 is 11.8 Å². The van der Waals surface area contributed by atoms with Crippen molar-refractivity contribution < 1.29 is 0 Å². The van der Waals surface area contributed by atoms with Gasteiger partial charge in [-0.05, 0) is 122 Å². The van der Waals surface area contributed by atoms with Gasteiger partial charge >= 0.3 is 0 Å². The molecule has 9 aromatic rings. The molecule has 0 radical (unpaired) electrons. The average Bonchev–Trinajstić information content (AvgIpc) is 3.37. The quantitative estimate of drug-likeness (QED) is 0.154. The van der Waals surface area contributed by atoms with Gasteiger partial charge in [0.1, 0.15) is 0 Å². The molecule has 3 nitrogen and oxygen atoms in total. The number of fused-ring (bicyclic) bond motifs is 6. The Morgan fingerprint density at radius 3 is 1.61 bits per heavy atom. The normalized spacial score (nSPS) is 15.9. The number of allylic oxidation sites excluding steroid dienone is 3. The molecule has 3 aliphatic heterocycles. The predicted molar refractivity (Wildman–Crippen MR) is 287 cm³/mol. The average molecular weight is 878 g/mol. The van der Waals surface area contributed by atoms with E-state index in [2.05, 4.69) is 271 Å². The third kappa shape index (κ3) is 6.92. The summed E-state index contributed by atoms with van der Waals surface area (Å²) < 4.78 is 0. The van der Waals surface area contributed by atoms with E-state index in [-0.39, 0.29) is 5.41 Å². The van der Waals surface area contributed by atoms with Gasteiger partial charge in [-0.15, -0.1) is 0 Å². The van der Waals surface area contributed by atoms with Crippen molar-refractivity contribution in [2.24, 2.45) is 0 Å². The van der Waals surface area contributed by atoms with Gasteiger partial charge in [0.15, 0.2) is 0 Å². The Morgan fingerprint density at radius 1 is 0.433 bits per heavy atom. The van der Waals surface area contributed by atoms with Crippen LogP contribution in [0, 0.1) is 0 Å². The number of hydrogen-bond acceptors (Lipinski definition) is 4. The lowest BCUT2D eigenvalue weighted by Gasteiger charge is -2.42. The van der Waals surface area contributed by atoms with E-state index in [1.807, 2.05) is 0 Å². The second-order valence-electron chi connectivity index (χ2n) is 17.9. The third-order valence-electron chi connectivity index (χ3n) is 13.6. The smallest absolute Gasteiger partial charge is 0.0703 e. The predicted octanol–water partition coefficient (Wildman–Crippen LogP) is 17.9. The van der Waals surface area contributed by atoms with E-state index < -0.39 is 0 Å². The third-order valence-corrected chi connectivity index (χ3v) is 14.5. The van der Waals surface area contributed by atoms with Crippen LogP contribution in [0.25, 0.3) is 39.6 Å². The molecule has 3 aliphatic rings. The molecule has 12 rings (SSSR count). The van der Waals surface area contributed by atoms with Gasteiger partial charge in [0.05, 0.1) is 45.5 Å². The van der Waals surface area contributed by atoms with Gasteiger partial charge in [-0.2, -0.15) is 0 Å². The lowest BCUT2D eigenvalue weighted by atomic mass is 9.73. The molecule has 0 spiro atoms. The molecule has 0 aromatic heterocycles. The summed E-state index contributed by atoms with van der Waals surface area (Å²) in [5, 5.41) is 4.71. The highest BCUT2D eigenvalue weighted by molar-refractivity contribution is 8.02. The summed E-state index contributed by atoms with van der Waals surface area (Å²) in [7, 11) is 0. The molecule has 0 aliphatic carbocycles. The number of hydrogen-bond donors (Lipinski definition) is 0. The summed E-state index contributed by atoms with van der Waals surface area (Å²) >= 11 is 1.76. The van der Waals surface area contributed by atoms with Gasteiger partial charge < -0.3 is 14.7 Å². The van der Waals surface area contributed by atoms with E-state index in [1.165, 1.54) is 49.3 Å². The van der Waals surface area contributed by atoms with Gasteiger partial charge in [0.2, 0.25) is 0 Å². The molecule has 0 N–H and O–H groups in total. The Kier molecular flexibility index (Phi) is 9.92. The second kappa shape index (κ2) is 16.4. The van der Waals surface area contributed by atoms with Crippen LogP contribution < -0.4 is 14.7 Å². The van der Waals surface area contributed by atoms with Crippen molar-refractivity contribution in [3.8, 4) is 11.1 Å². The SMILES string of the molecule is C=C1/C=C\C(N2c3ccccc3C(C)(C)c3ccccc32)=C/Sc2cc(/C=C/c3ccc(-c4ccc(N5c6ccccc6N(c6ccccc6)c6ccccc65)c5ccccc45)cc3)ccc21. The zero-order valence-corrected chi connectivity index (χ0v) is 38.3. The molecule has 0 amide bonds. The summed E-state index contributed by atoms with van der Waals surface area (Å²) in [5.74, 6) is 0. The fourth-order valence-electron chi connectivity index (χ4n) is 10.3. The first-order valence-electron chi connectivity index (χ1n) is 22.9. The number of nitrogens with zero attached hydrogens (tertiary/aromatic N) is 3. The fourth-order valence-corrected chi connectivity index (χ4v) is 11.2. The number of benzene rings is 9. The molecule has 3 heterocycles. The van der Waals surface area contributed by atoms with Crippen molar-refractivity contribution in [1.29, 1.82) is 0 Å². The minimum Gasteiger partial charge on any atom is -0.309 e. The molecular formula is C63H47N3S. The molecule has 9 aromatic carbocycles. The molecule has 320 valence electrons. The van der Waals surface area contributed by atoms with Crippen molar-refractivity contribution in [1.82, 2.24) is 0 Å². The van der Waals surface area contributed by atoms with E-state index in [9.17, 15) is 0 Å². The largest absolute Gasteiger partial charge is 0.309 e. The van der Waals surface area contributed by atoms with Crippen LogP contribution in [0.4, 0.5) is 45.5 Å². The Labute approximate surface area is 397 Å². The van der Waals surface area contributed by atoms with Crippen LogP contribution in [-0.2, 0) is 5.41 Å². The van der Waals surface area contributed by atoms with Crippen molar-refractivity contribution in [3.63, 3.8) is 0 Å². The molecule has 0 saturated carbocycles. The standard InChI is InChI=1S/C63H47N3S/c1-43-29-37-48(65-56-23-11-9-21-53(56)63(2,3)54-22-10-12-24-57(54)65)42-67-62-41-45(34-38-49(43)62)31-30-44-32-35-46(36-33-44)50-39-40-55(52-20-8-7-19-51(50)52)66-60-27-15-13-25-58(60)64(47-17-5-4-6-18-47)59-26-14-16-28-61(59)66/h4-42H,1H2,2-3H3/b31-30+,37-29-,48-42+. The van der Waals surface area contributed by atoms with Gasteiger partial charge in [-0.25, -0.2) is 0 Å². The van der Waals surface area contributed by atoms with Crippen LogP contribution in [0.3, 0.4) is 0 Å². The fraction of sp³-hybridized carbons (Fsp3) is 0.0476. The minimum absolute atomic E-state index is 0.109. The van der Waals surface area contributed by atoms with E-state index >= 15 is 0 Å². The second-order valence-corrected chi connectivity index (χ2v) is 18.8. The Balaban J connectivity index is 0.835. The van der Waals surface area contributed by atoms with Crippen LogP contribution in [0.1, 0.15) is 41.7 Å². The highest BCUT2D eigenvalue weighted by Crippen LogP contribution is 2.56. The van der Waals surface area contributed by atoms with Gasteiger partial charge in [0.25, 0.3) is 0 Å². The number of thioether (sulfide) groups is 1. The first-order valence-corrected chi connectivity index (χ1v) is 23.8. The Bertz CT molecular complexity index is 3410. The number of anilines is 8.